The second kappa shape index (κ2) is 10.2. The number of amides is 1. The van der Waals surface area contributed by atoms with Crippen molar-refractivity contribution in [3.05, 3.63) is 69.5 Å². The van der Waals surface area contributed by atoms with Gasteiger partial charge in [-0.1, -0.05) is 35.9 Å². The third-order valence-corrected chi connectivity index (χ3v) is 6.30. The van der Waals surface area contributed by atoms with Gasteiger partial charge in [0.25, 0.3) is 0 Å². The number of benzene rings is 1. The fourth-order valence-electron chi connectivity index (χ4n) is 3.62. The third-order valence-electron chi connectivity index (χ3n) is 5.07. The second-order valence-electron chi connectivity index (χ2n) is 7.40. The van der Waals surface area contributed by atoms with E-state index < -0.39 is 0 Å². The maximum Gasteiger partial charge on any atom is 0.239 e. The number of ether oxygens (including phenoxy) is 1. The molecule has 1 aliphatic rings. The molecule has 158 valence electrons. The van der Waals surface area contributed by atoms with E-state index in [0.29, 0.717) is 23.9 Å². The number of halogens is 1. The van der Waals surface area contributed by atoms with Crippen molar-refractivity contribution in [1.82, 2.24) is 14.7 Å². The summed E-state index contributed by atoms with van der Waals surface area (Å²) in [5.74, 6) is 0.596. The molecule has 1 saturated heterocycles. The van der Waals surface area contributed by atoms with Crippen molar-refractivity contribution >= 4 is 34.7 Å². The van der Waals surface area contributed by atoms with Gasteiger partial charge in [-0.2, -0.15) is 5.10 Å². The number of nitrogens with zero attached hydrogens (tertiary/aromatic N) is 3. The van der Waals surface area contributed by atoms with Gasteiger partial charge in [-0.05, 0) is 35.9 Å². The van der Waals surface area contributed by atoms with Crippen molar-refractivity contribution in [3.63, 3.8) is 0 Å². The monoisotopic (exact) mass is 444 g/mol. The normalized spacial score (nSPS) is 16.3. The maximum absolute atomic E-state index is 12.8. The SMILES string of the molecule is O=C(CN(Cc1cccs1)CC1CCCO1)Nc1ccnn1Cc1ccccc1Cl. The van der Waals surface area contributed by atoms with E-state index in [1.165, 1.54) is 4.88 Å². The molecule has 1 amide bonds. The smallest absolute Gasteiger partial charge is 0.239 e. The summed E-state index contributed by atoms with van der Waals surface area (Å²) in [7, 11) is 0. The summed E-state index contributed by atoms with van der Waals surface area (Å²) in [6.45, 7) is 3.10. The van der Waals surface area contributed by atoms with E-state index in [-0.39, 0.29) is 12.0 Å². The van der Waals surface area contributed by atoms with Crippen LogP contribution in [0.1, 0.15) is 23.3 Å². The molecule has 8 heteroatoms. The predicted octanol–water partition coefficient (Wildman–Crippen LogP) is 4.27. The van der Waals surface area contributed by atoms with E-state index in [4.69, 9.17) is 16.3 Å². The highest BCUT2D eigenvalue weighted by Gasteiger charge is 2.22. The van der Waals surface area contributed by atoms with Crippen molar-refractivity contribution in [1.29, 1.82) is 0 Å². The lowest BCUT2D eigenvalue weighted by Gasteiger charge is -2.24. The zero-order valence-electron chi connectivity index (χ0n) is 16.7. The van der Waals surface area contributed by atoms with E-state index in [9.17, 15) is 4.79 Å². The Bertz CT molecular complexity index is 954. The zero-order chi connectivity index (χ0) is 20.8. The summed E-state index contributed by atoms with van der Waals surface area (Å²) < 4.78 is 7.54. The van der Waals surface area contributed by atoms with Crippen LogP contribution in [0.3, 0.4) is 0 Å². The number of aromatic nitrogens is 2. The van der Waals surface area contributed by atoms with Crippen molar-refractivity contribution < 1.29 is 9.53 Å². The molecule has 30 heavy (non-hydrogen) atoms. The first-order chi connectivity index (χ1) is 14.7. The van der Waals surface area contributed by atoms with Gasteiger partial charge < -0.3 is 10.1 Å². The van der Waals surface area contributed by atoms with E-state index in [2.05, 4.69) is 26.8 Å². The summed E-state index contributed by atoms with van der Waals surface area (Å²) in [5, 5.41) is 10.1. The first-order valence-electron chi connectivity index (χ1n) is 10.1. The van der Waals surface area contributed by atoms with Gasteiger partial charge in [0.2, 0.25) is 5.91 Å². The number of nitrogens with one attached hydrogen (secondary N) is 1. The summed E-state index contributed by atoms with van der Waals surface area (Å²) in [6, 6.07) is 13.6. The van der Waals surface area contributed by atoms with Gasteiger partial charge in [-0.25, -0.2) is 4.68 Å². The fraction of sp³-hybridized carbons (Fsp3) is 0.364. The molecular weight excluding hydrogens is 420 g/mol. The van der Waals surface area contributed by atoms with Crippen LogP contribution in [0.25, 0.3) is 0 Å². The summed E-state index contributed by atoms with van der Waals surface area (Å²) >= 11 is 7.98. The van der Waals surface area contributed by atoms with Gasteiger partial charge in [0.1, 0.15) is 5.82 Å². The molecule has 1 aromatic carbocycles. The Morgan fingerprint density at radius 1 is 1.30 bits per heavy atom. The van der Waals surface area contributed by atoms with E-state index in [0.717, 1.165) is 38.1 Å². The number of thiophene rings is 1. The highest BCUT2D eigenvalue weighted by molar-refractivity contribution is 7.09. The second-order valence-corrected chi connectivity index (χ2v) is 8.84. The molecule has 1 N–H and O–H groups in total. The van der Waals surface area contributed by atoms with Crippen LogP contribution in [0.15, 0.2) is 54.0 Å². The molecule has 1 fully saturated rings. The van der Waals surface area contributed by atoms with Gasteiger partial charge >= 0.3 is 0 Å². The number of carbonyl (C=O) groups is 1. The molecule has 2 aromatic heterocycles. The number of rotatable bonds is 9. The van der Waals surface area contributed by atoms with E-state index in [1.807, 2.05) is 30.3 Å². The maximum atomic E-state index is 12.8. The fourth-order valence-corrected chi connectivity index (χ4v) is 4.56. The van der Waals surface area contributed by atoms with E-state index in [1.54, 1.807) is 28.3 Å². The molecule has 4 rings (SSSR count). The van der Waals surface area contributed by atoms with Gasteiger partial charge in [0.15, 0.2) is 0 Å². The molecule has 0 aliphatic carbocycles. The standard InChI is InChI=1S/C22H25ClN4O2S/c23-20-8-2-1-5-17(20)13-27-21(9-10-24-27)25-22(28)16-26(14-18-6-3-11-29-18)15-19-7-4-12-30-19/h1-2,4-5,7-10,12,18H,3,6,11,13-16H2,(H,25,28). The van der Waals surface area contributed by atoms with Crippen LogP contribution in [0, 0.1) is 0 Å². The molecule has 1 aliphatic heterocycles. The van der Waals surface area contributed by atoms with Crippen LogP contribution < -0.4 is 5.32 Å². The Kier molecular flexibility index (Phi) is 7.17. The van der Waals surface area contributed by atoms with Gasteiger partial charge in [-0.15, -0.1) is 11.3 Å². The minimum Gasteiger partial charge on any atom is -0.377 e. The average Bonchev–Trinajstić information content (AvgIpc) is 3.48. The summed E-state index contributed by atoms with van der Waals surface area (Å²) in [5.41, 5.74) is 0.955. The Hall–Kier alpha value is -2.19. The average molecular weight is 445 g/mol. The van der Waals surface area contributed by atoms with E-state index >= 15 is 0 Å². The van der Waals surface area contributed by atoms with Crippen molar-refractivity contribution in [2.75, 3.05) is 25.0 Å². The van der Waals surface area contributed by atoms with Crippen LogP contribution in [0.4, 0.5) is 5.82 Å². The molecular formula is C22H25ClN4O2S. The molecule has 0 spiro atoms. The Labute approximate surface area is 185 Å². The van der Waals surface area contributed by atoms with Gasteiger partial charge in [0.05, 0.1) is 25.4 Å². The van der Waals surface area contributed by atoms with Crippen molar-refractivity contribution in [2.45, 2.75) is 32.0 Å². The first kappa shape index (κ1) is 21.1. The van der Waals surface area contributed by atoms with Crippen LogP contribution in [-0.2, 0) is 22.6 Å². The minimum atomic E-state index is -0.0644. The molecule has 3 aromatic rings. The highest BCUT2D eigenvalue weighted by Crippen LogP contribution is 2.19. The lowest BCUT2D eigenvalue weighted by molar-refractivity contribution is -0.117. The number of hydrogen-bond acceptors (Lipinski definition) is 5. The lowest BCUT2D eigenvalue weighted by atomic mass is 10.2. The Morgan fingerprint density at radius 2 is 2.20 bits per heavy atom. The number of anilines is 1. The molecule has 0 saturated carbocycles. The quantitative estimate of drug-likeness (QED) is 0.535. The van der Waals surface area contributed by atoms with Crippen molar-refractivity contribution in [2.24, 2.45) is 0 Å². The highest BCUT2D eigenvalue weighted by atomic mass is 35.5. The molecule has 3 heterocycles. The van der Waals surface area contributed by atoms with Gasteiger partial charge in [-0.3, -0.25) is 9.69 Å². The third kappa shape index (κ3) is 5.70. The molecule has 0 bridgehead atoms. The largest absolute Gasteiger partial charge is 0.377 e. The lowest BCUT2D eigenvalue weighted by Crippen LogP contribution is -2.38. The Morgan fingerprint density at radius 3 is 2.97 bits per heavy atom. The summed E-state index contributed by atoms with van der Waals surface area (Å²) in [6.07, 6.45) is 4.02. The topological polar surface area (TPSA) is 59.4 Å². The zero-order valence-corrected chi connectivity index (χ0v) is 18.2. The summed E-state index contributed by atoms with van der Waals surface area (Å²) in [4.78, 5) is 16.2. The van der Waals surface area contributed by atoms with Crippen LogP contribution >= 0.6 is 22.9 Å². The van der Waals surface area contributed by atoms with Crippen molar-refractivity contribution in [3.8, 4) is 0 Å². The number of carbonyl (C=O) groups excluding carboxylic acids is 1. The van der Waals surface area contributed by atoms with Crippen LogP contribution in [0.5, 0.6) is 0 Å². The minimum absolute atomic E-state index is 0.0644. The van der Waals surface area contributed by atoms with Crippen LogP contribution in [0.2, 0.25) is 5.02 Å². The predicted molar refractivity (Wildman–Crippen MR) is 120 cm³/mol. The molecule has 1 unspecified atom stereocenters. The molecule has 0 radical (unpaired) electrons. The molecule has 1 atom stereocenters. The first-order valence-corrected chi connectivity index (χ1v) is 11.3. The molecule has 6 nitrogen and oxygen atoms in total. The Balaban J connectivity index is 1.39. The number of hydrogen-bond donors (Lipinski definition) is 1. The van der Waals surface area contributed by atoms with Gasteiger partial charge in [0, 0.05) is 35.7 Å². The van der Waals surface area contributed by atoms with Crippen LogP contribution in [-0.4, -0.2) is 46.4 Å².